The molecule has 2 aromatic rings. The summed E-state index contributed by atoms with van der Waals surface area (Å²) in [6.45, 7) is 0.458. The summed E-state index contributed by atoms with van der Waals surface area (Å²) >= 11 is 0. The molecule has 1 heterocycles. The lowest BCUT2D eigenvalue weighted by molar-refractivity contribution is -0.151. The summed E-state index contributed by atoms with van der Waals surface area (Å²) in [5, 5.41) is 17.9. The molecule has 8 heteroatoms. The molecule has 0 aromatic heterocycles. The zero-order valence-corrected chi connectivity index (χ0v) is 16.4. The van der Waals surface area contributed by atoms with Crippen LogP contribution in [0, 0.1) is 28.6 Å². The van der Waals surface area contributed by atoms with Gasteiger partial charge in [0.15, 0.2) is 0 Å². The molecule has 0 amide bonds. The molecule has 1 saturated heterocycles. The summed E-state index contributed by atoms with van der Waals surface area (Å²) < 4.78 is 32.2. The maximum Gasteiger partial charge on any atom is 0.309 e. The molecule has 0 N–H and O–H groups in total. The van der Waals surface area contributed by atoms with E-state index >= 15 is 0 Å². The van der Waals surface area contributed by atoms with Gasteiger partial charge in [-0.3, -0.25) is 4.79 Å². The zero-order chi connectivity index (χ0) is 20.9. The van der Waals surface area contributed by atoms with Gasteiger partial charge < -0.3 is 4.74 Å². The largest absolute Gasteiger partial charge is 0.461 e. The standard InChI is InChI=1S/C21H19N3O4S/c22-13-16-5-7-20(8-6-16)29(26,27)24-11-9-17(10-12-24)21(25)28-15-19-4-2-1-3-18(19)14-23/h1-8,17H,9-12,15H2. The number of hydrogen-bond acceptors (Lipinski definition) is 6. The van der Waals surface area contributed by atoms with E-state index in [4.69, 9.17) is 15.3 Å². The van der Waals surface area contributed by atoms with Crippen LogP contribution in [0.25, 0.3) is 0 Å². The van der Waals surface area contributed by atoms with Crippen LogP contribution in [-0.2, 0) is 26.2 Å². The Hall–Kier alpha value is -3.20. The summed E-state index contributed by atoms with van der Waals surface area (Å²) in [5.41, 5.74) is 1.50. The minimum Gasteiger partial charge on any atom is -0.461 e. The Labute approximate surface area is 169 Å². The van der Waals surface area contributed by atoms with Crippen molar-refractivity contribution in [3.05, 3.63) is 65.2 Å². The van der Waals surface area contributed by atoms with Gasteiger partial charge in [-0.05, 0) is 43.2 Å². The fourth-order valence-corrected chi connectivity index (χ4v) is 4.67. The molecule has 148 valence electrons. The number of benzene rings is 2. The summed E-state index contributed by atoms with van der Waals surface area (Å²) in [6.07, 6.45) is 0.739. The third kappa shape index (κ3) is 4.62. The first kappa shape index (κ1) is 20.5. The van der Waals surface area contributed by atoms with Gasteiger partial charge >= 0.3 is 5.97 Å². The van der Waals surface area contributed by atoms with E-state index in [0.717, 1.165) is 0 Å². The lowest BCUT2D eigenvalue weighted by Crippen LogP contribution is -2.40. The van der Waals surface area contributed by atoms with Crippen molar-refractivity contribution < 1.29 is 17.9 Å². The number of carbonyl (C=O) groups excluding carboxylic acids is 1. The first-order valence-corrected chi connectivity index (χ1v) is 10.5. The SMILES string of the molecule is N#Cc1ccc(S(=O)(=O)N2CCC(C(=O)OCc3ccccc3C#N)CC2)cc1. The second-order valence-electron chi connectivity index (χ2n) is 6.69. The third-order valence-electron chi connectivity index (χ3n) is 4.92. The maximum absolute atomic E-state index is 12.7. The number of nitriles is 2. The first-order valence-electron chi connectivity index (χ1n) is 9.10. The number of ether oxygens (including phenoxy) is 1. The molecule has 1 fully saturated rings. The summed E-state index contributed by atoms with van der Waals surface area (Å²) in [4.78, 5) is 12.5. The Bertz CT molecular complexity index is 1070. The normalized spacial score (nSPS) is 15.2. The Morgan fingerprint density at radius 2 is 1.69 bits per heavy atom. The molecular formula is C21H19N3O4S. The first-order chi connectivity index (χ1) is 14.0. The van der Waals surface area contributed by atoms with E-state index in [0.29, 0.717) is 29.5 Å². The average Bonchev–Trinajstić information content (AvgIpc) is 2.77. The molecule has 1 aliphatic rings. The molecule has 0 aliphatic carbocycles. The van der Waals surface area contributed by atoms with Gasteiger partial charge in [-0.2, -0.15) is 14.8 Å². The number of sulfonamides is 1. The number of esters is 1. The van der Waals surface area contributed by atoms with Crippen LogP contribution in [0.15, 0.2) is 53.4 Å². The molecule has 0 unspecified atom stereocenters. The number of piperidine rings is 1. The van der Waals surface area contributed by atoms with Gasteiger partial charge in [0.25, 0.3) is 0 Å². The molecule has 0 atom stereocenters. The van der Waals surface area contributed by atoms with Gasteiger partial charge in [0, 0.05) is 18.7 Å². The number of nitrogens with zero attached hydrogens (tertiary/aromatic N) is 3. The van der Waals surface area contributed by atoms with E-state index in [1.165, 1.54) is 28.6 Å². The highest BCUT2D eigenvalue weighted by atomic mass is 32.2. The van der Waals surface area contributed by atoms with Crippen LogP contribution in [0.3, 0.4) is 0 Å². The highest BCUT2D eigenvalue weighted by Gasteiger charge is 2.32. The van der Waals surface area contributed by atoms with Crippen LogP contribution in [0.4, 0.5) is 0 Å². The number of rotatable bonds is 5. The van der Waals surface area contributed by atoms with Gasteiger partial charge in [0.05, 0.1) is 34.1 Å². The van der Waals surface area contributed by atoms with Crippen LogP contribution in [0.1, 0.15) is 29.5 Å². The number of hydrogen-bond donors (Lipinski definition) is 0. The topological polar surface area (TPSA) is 111 Å². The van der Waals surface area contributed by atoms with Crippen LogP contribution >= 0.6 is 0 Å². The lowest BCUT2D eigenvalue weighted by Gasteiger charge is -2.30. The van der Waals surface area contributed by atoms with Crippen molar-refractivity contribution in [2.75, 3.05) is 13.1 Å². The van der Waals surface area contributed by atoms with Crippen LogP contribution < -0.4 is 0 Å². The van der Waals surface area contributed by atoms with E-state index in [2.05, 4.69) is 6.07 Å². The molecule has 0 bridgehead atoms. The van der Waals surface area contributed by atoms with Crippen molar-refractivity contribution >= 4 is 16.0 Å². The average molecular weight is 409 g/mol. The Balaban J connectivity index is 1.57. The second kappa shape index (κ2) is 8.87. The van der Waals surface area contributed by atoms with Crippen molar-refractivity contribution in [2.45, 2.75) is 24.3 Å². The van der Waals surface area contributed by atoms with E-state index in [-0.39, 0.29) is 36.5 Å². The zero-order valence-electron chi connectivity index (χ0n) is 15.6. The fourth-order valence-electron chi connectivity index (χ4n) is 3.20. The summed E-state index contributed by atoms with van der Waals surface area (Å²) in [6, 6.07) is 16.7. The molecule has 1 aliphatic heterocycles. The summed E-state index contributed by atoms with van der Waals surface area (Å²) in [7, 11) is -3.66. The van der Waals surface area contributed by atoms with Gasteiger partial charge in [-0.1, -0.05) is 18.2 Å². The Morgan fingerprint density at radius 1 is 1.03 bits per heavy atom. The van der Waals surface area contributed by atoms with Crippen LogP contribution in [-0.4, -0.2) is 31.8 Å². The highest BCUT2D eigenvalue weighted by molar-refractivity contribution is 7.89. The fraction of sp³-hybridized carbons (Fsp3) is 0.286. The van der Waals surface area contributed by atoms with Crippen molar-refractivity contribution in [1.29, 1.82) is 10.5 Å². The van der Waals surface area contributed by atoms with E-state index in [9.17, 15) is 13.2 Å². The third-order valence-corrected chi connectivity index (χ3v) is 6.83. The molecule has 7 nitrogen and oxygen atoms in total. The van der Waals surface area contributed by atoms with Gasteiger partial charge in [0.1, 0.15) is 6.61 Å². The van der Waals surface area contributed by atoms with Gasteiger partial charge in [-0.25, -0.2) is 8.42 Å². The van der Waals surface area contributed by atoms with Crippen molar-refractivity contribution in [3.8, 4) is 12.1 Å². The predicted molar refractivity (Wildman–Crippen MR) is 104 cm³/mol. The molecule has 29 heavy (non-hydrogen) atoms. The molecule has 0 saturated carbocycles. The summed E-state index contributed by atoms with van der Waals surface area (Å²) in [5.74, 6) is -0.759. The Kier molecular flexibility index (Phi) is 6.28. The second-order valence-corrected chi connectivity index (χ2v) is 8.63. The Morgan fingerprint density at radius 3 is 2.31 bits per heavy atom. The van der Waals surface area contributed by atoms with Gasteiger partial charge in [0.2, 0.25) is 10.0 Å². The van der Waals surface area contributed by atoms with Crippen molar-refractivity contribution in [3.63, 3.8) is 0 Å². The van der Waals surface area contributed by atoms with Crippen LogP contribution in [0.2, 0.25) is 0 Å². The molecule has 3 rings (SSSR count). The highest BCUT2D eigenvalue weighted by Crippen LogP contribution is 2.25. The minimum atomic E-state index is -3.66. The minimum absolute atomic E-state index is 0.0202. The maximum atomic E-state index is 12.7. The van der Waals surface area contributed by atoms with E-state index < -0.39 is 10.0 Å². The van der Waals surface area contributed by atoms with E-state index in [1.807, 2.05) is 6.07 Å². The number of carbonyl (C=O) groups is 1. The van der Waals surface area contributed by atoms with Gasteiger partial charge in [-0.15, -0.1) is 0 Å². The quantitative estimate of drug-likeness (QED) is 0.702. The molecule has 0 spiro atoms. The van der Waals surface area contributed by atoms with Crippen molar-refractivity contribution in [1.82, 2.24) is 4.31 Å². The van der Waals surface area contributed by atoms with E-state index in [1.54, 1.807) is 24.3 Å². The molecule has 0 radical (unpaired) electrons. The molecule has 2 aromatic carbocycles. The smallest absolute Gasteiger partial charge is 0.309 e. The molecular weight excluding hydrogens is 390 g/mol. The lowest BCUT2D eigenvalue weighted by atomic mass is 9.98. The monoisotopic (exact) mass is 409 g/mol. The van der Waals surface area contributed by atoms with Crippen LogP contribution in [0.5, 0.6) is 0 Å². The predicted octanol–water partition coefficient (Wildman–Crippen LogP) is 2.57. The van der Waals surface area contributed by atoms with Crippen molar-refractivity contribution in [2.24, 2.45) is 5.92 Å².